The lowest BCUT2D eigenvalue weighted by molar-refractivity contribution is -0.0514. The first-order valence-electron chi connectivity index (χ1n) is 8.19. The standard InChI is InChI=1S/C19H21F2NO5/c1-4-26-17-10-13(6-8-15(17)27-19(20)21)18(23)22-11-12-5-7-14(24-2)16(9-12)25-3/h5-10,19H,4,11H2,1-3H3,(H,22,23). The summed E-state index contributed by atoms with van der Waals surface area (Å²) in [6, 6.07) is 9.33. The second-order valence-electron chi connectivity index (χ2n) is 5.35. The highest BCUT2D eigenvalue weighted by Gasteiger charge is 2.15. The highest BCUT2D eigenvalue weighted by Crippen LogP contribution is 2.30. The van der Waals surface area contributed by atoms with Gasteiger partial charge in [0.05, 0.1) is 20.8 Å². The van der Waals surface area contributed by atoms with Crippen LogP contribution in [0, 0.1) is 0 Å². The van der Waals surface area contributed by atoms with Gasteiger partial charge in [-0.1, -0.05) is 6.07 Å². The number of halogens is 2. The van der Waals surface area contributed by atoms with E-state index in [9.17, 15) is 13.6 Å². The molecule has 2 rings (SSSR count). The second-order valence-corrected chi connectivity index (χ2v) is 5.35. The molecular formula is C19H21F2NO5. The molecule has 0 bridgehead atoms. The molecule has 146 valence electrons. The van der Waals surface area contributed by atoms with E-state index in [4.69, 9.17) is 14.2 Å². The lowest BCUT2D eigenvalue weighted by Gasteiger charge is -2.13. The van der Waals surface area contributed by atoms with E-state index in [1.165, 1.54) is 32.4 Å². The number of hydrogen-bond acceptors (Lipinski definition) is 5. The van der Waals surface area contributed by atoms with Gasteiger partial charge in [-0.3, -0.25) is 4.79 Å². The molecule has 27 heavy (non-hydrogen) atoms. The molecular weight excluding hydrogens is 360 g/mol. The van der Waals surface area contributed by atoms with Crippen molar-refractivity contribution in [1.82, 2.24) is 5.32 Å². The van der Waals surface area contributed by atoms with Crippen LogP contribution in [0.25, 0.3) is 0 Å². The van der Waals surface area contributed by atoms with Crippen LogP contribution < -0.4 is 24.3 Å². The van der Waals surface area contributed by atoms with E-state index in [1.807, 2.05) is 0 Å². The summed E-state index contributed by atoms with van der Waals surface area (Å²) in [4.78, 5) is 12.4. The fourth-order valence-corrected chi connectivity index (χ4v) is 2.39. The molecule has 0 unspecified atom stereocenters. The minimum atomic E-state index is -2.98. The summed E-state index contributed by atoms with van der Waals surface area (Å²) in [5.74, 6) is 0.717. The molecule has 0 aliphatic carbocycles. The van der Waals surface area contributed by atoms with Gasteiger partial charge in [0.25, 0.3) is 5.91 Å². The summed E-state index contributed by atoms with van der Waals surface area (Å²) >= 11 is 0. The van der Waals surface area contributed by atoms with E-state index in [2.05, 4.69) is 10.1 Å². The maximum Gasteiger partial charge on any atom is 0.387 e. The fraction of sp³-hybridized carbons (Fsp3) is 0.316. The Labute approximate surface area is 156 Å². The molecule has 1 N–H and O–H groups in total. The van der Waals surface area contributed by atoms with Crippen molar-refractivity contribution < 1.29 is 32.5 Å². The third-order valence-electron chi connectivity index (χ3n) is 3.62. The molecule has 0 heterocycles. The van der Waals surface area contributed by atoms with E-state index in [0.717, 1.165) is 5.56 Å². The Hall–Kier alpha value is -3.03. The smallest absolute Gasteiger partial charge is 0.387 e. The molecule has 6 nitrogen and oxygen atoms in total. The van der Waals surface area contributed by atoms with Crippen molar-refractivity contribution in [2.45, 2.75) is 20.1 Å². The van der Waals surface area contributed by atoms with Gasteiger partial charge in [-0.2, -0.15) is 8.78 Å². The van der Waals surface area contributed by atoms with Crippen molar-refractivity contribution in [3.63, 3.8) is 0 Å². The van der Waals surface area contributed by atoms with Crippen LogP contribution in [0.2, 0.25) is 0 Å². The van der Waals surface area contributed by atoms with Crippen molar-refractivity contribution in [3.05, 3.63) is 47.5 Å². The summed E-state index contributed by atoms with van der Waals surface area (Å²) in [6.45, 7) is -0.779. The molecule has 8 heteroatoms. The molecule has 2 aromatic carbocycles. The quantitative estimate of drug-likeness (QED) is 0.719. The number of carbonyl (C=O) groups excluding carboxylic acids is 1. The Morgan fingerprint density at radius 2 is 1.70 bits per heavy atom. The second kappa shape index (κ2) is 9.61. The lowest BCUT2D eigenvalue weighted by atomic mass is 10.1. The summed E-state index contributed by atoms with van der Waals surface area (Å²) in [7, 11) is 3.06. The summed E-state index contributed by atoms with van der Waals surface area (Å²) in [5.41, 5.74) is 1.07. The Balaban J connectivity index is 2.10. The van der Waals surface area contributed by atoms with Crippen molar-refractivity contribution in [1.29, 1.82) is 0 Å². The van der Waals surface area contributed by atoms with E-state index in [0.29, 0.717) is 11.5 Å². The monoisotopic (exact) mass is 381 g/mol. The summed E-state index contributed by atoms with van der Waals surface area (Å²) in [5, 5.41) is 2.75. The van der Waals surface area contributed by atoms with Crippen LogP contribution >= 0.6 is 0 Å². The predicted octanol–water partition coefficient (Wildman–Crippen LogP) is 3.63. The highest BCUT2D eigenvalue weighted by atomic mass is 19.3. The van der Waals surface area contributed by atoms with Gasteiger partial charge in [0.1, 0.15) is 0 Å². The van der Waals surface area contributed by atoms with Crippen LogP contribution in [-0.4, -0.2) is 33.3 Å². The van der Waals surface area contributed by atoms with Gasteiger partial charge >= 0.3 is 6.61 Å². The number of benzene rings is 2. The maximum atomic E-state index is 12.4. The SMILES string of the molecule is CCOc1cc(C(=O)NCc2ccc(OC)c(OC)c2)ccc1OC(F)F. The van der Waals surface area contributed by atoms with Crippen molar-refractivity contribution in [3.8, 4) is 23.0 Å². The Morgan fingerprint density at radius 3 is 2.33 bits per heavy atom. The number of amides is 1. The third-order valence-corrected chi connectivity index (χ3v) is 3.62. The van der Waals surface area contributed by atoms with E-state index < -0.39 is 6.61 Å². The van der Waals surface area contributed by atoms with E-state index >= 15 is 0 Å². The Kier molecular flexibility index (Phi) is 7.22. The zero-order valence-corrected chi connectivity index (χ0v) is 15.3. The number of methoxy groups -OCH3 is 2. The van der Waals surface area contributed by atoms with Gasteiger partial charge in [-0.15, -0.1) is 0 Å². The fourth-order valence-electron chi connectivity index (χ4n) is 2.39. The first kappa shape index (κ1) is 20.3. The molecule has 1 amide bonds. The van der Waals surface area contributed by atoms with Gasteiger partial charge in [0.15, 0.2) is 23.0 Å². The summed E-state index contributed by atoms with van der Waals surface area (Å²) < 4.78 is 45.0. The van der Waals surface area contributed by atoms with Gasteiger partial charge in [0.2, 0.25) is 0 Å². The zero-order chi connectivity index (χ0) is 19.8. The number of rotatable bonds is 9. The average molecular weight is 381 g/mol. The summed E-state index contributed by atoms with van der Waals surface area (Å²) in [6.07, 6.45) is 0. The number of nitrogens with one attached hydrogen (secondary N) is 1. The molecule has 0 radical (unpaired) electrons. The number of carbonyl (C=O) groups is 1. The molecule has 0 fully saturated rings. The van der Waals surface area contributed by atoms with Crippen molar-refractivity contribution in [2.24, 2.45) is 0 Å². The van der Waals surface area contributed by atoms with Crippen LogP contribution in [0.1, 0.15) is 22.8 Å². The van der Waals surface area contributed by atoms with Gasteiger partial charge in [-0.25, -0.2) is 0 Å². The first-order chi connectivity index (χ1) is 13.0. The number of ether oxygens (including phenoxy) is 4. The zero-order valence-electron chi connectivity index (χ0n) is 15.3. The molecule has 0 aromatic heterocycles. The Bertz CT molecular complexity index is 783. The van der Waals surface area contributed by atoms with Crippen LogP contribution in [0.3, 0.4) is 0 Å². The molecule has 0 aliphatic rings. The molecule has 0 atom stereocenters. The van der Waals surface area contributed by atoms with E-state index in [-0.39, 0.29) is 36.1 Å². The van der Waals surface area contributed by atoms with Gasteiger partial charge in [0, 0.05) is 12.1 Å². The van der Waals surface area contributed by atoms with Crippen molar-refractivity contribution in [2.75, 3.05) is 20.8 Å². The maximum absolute atomic E-state index is 12.4. The largest absolute Gasteiger partial charge is 0.493 e. The Morgan fingerprint density at radius 1 is 1.00 bits per heavy atom. The molecule has 0 saturated heterocycles. The first-order valence-corrected chi connectivity index (χ1v) is 8.19. The number of alkyl halides is 2. The minimum absolute atomic E-state index is 0.0802. The van der Waals surface area contributed by atoms with Gasteiger partial charge in [-0.05, 0) is 42.8 Å². The lowest BCUT2D eigenvalue weighted by Crippen LogP contribution is -2.23. The van der Waals surface area contributed by atoms with Gasteiger partial charge < -0.3 is 24.3 Å². The minimum Gasteiger partial charge on any atom is -0.493 e. The topological polar surface area (TPSA) is 66.0 Å². The molecule has 0 spiro atoms. The van der Waals surface area contributed by atoms with Crippen LogP contribution in [-0.2, 0) is 6.54 Å². The molecule has 2 aromatic rings. The highest BCUT2D eigenvalue weighted by molar-refractivity contribution is 5.94. The van der Waals surface area contributed by atoms with Crippen LogP contribution in [0.15, 0.2) is 36.4 Å². The predicted molar refractivity (Wildman–Crippen MR) is 95.0 cm³/mol. The van der Waals surface area contributed by atoms with Crippen LogP contribution in [0.4, 0.5) is 8.78 Å². The van der Waals surface area contributed by atoms with E-state index in [1.54, 1.807) is 25.1 Å². The molecule has 0 saturated carbocycles. The van der Waals surface area contributed by atoms with Crippen LogP contribution in [0.5, 0.6) is 23.0 Å². The number of hydrogen-bond donors (Lipinski definition) is 1. The third kappa shape index (κ3) is 5.47. The average Bonchev–Trinajstić information content (AvgIpc) is 2.66. The molecule has 0 aliphatic heterocycles. The normalized spacial score (nSPS) is 10.4. The van der Waals surface area contributed by atoms with Crippen molar-refractivity contribution >= 4 is 5.91 Å².